The van der Waals surface area contributed by atoms with Gasteiger partial charge in [0.05, 0.1) is 12.1 Å². The van der Waals surface area contributed by atoms with E-state index in [9.17, 15) is 18.8 Å². The van der Waals surface area contributed by atoms with Crippen molar-refractivity contribution in [2.45, 2.75) is 38.1 Å². The molecule has 3 aromatic rings. The van der Waals surface area contributed by atoms with E-state index >= 15 is 4.39 Å². The summed E-state index contributed by atoms with van der Waals surface area (Å²) in [5.74, 6) is -1.54. The SMILES string of the molecule is N#Cc1cnc(N2CCN(C(CN)c3ccc(COc4cccc5c4CN([C@H]4CCC(=O)NC4=O)C5=O)c(F)c3)CC2)c(F)c1. The first kappa shape index (κ1) is 30.1. The van der Waals surface area contributed by atoms with Gasteiger partial charge in [-0.05, 0) is 36.2 Å². The molecule has 0 aliphatic carbocycles. The number of nitrogens with one attached hydrogen (secondary N) is 1. The van der Waals surface area contributed by atoms with E-state index in [-0.39, 0.29) is 61.8 Å². The highest BCUT2D eigenvalue weighted by Crippen LogP contribution is 2.34. The number of nitrogens with two attached hydrogens (primary N) is 1. The molecule has 232 valence electrons. The summed E-state index contributed by atoms with van der Waals surface area (Å²) in [6, 6.07) is 12.0. The second-order valence-electron chi connectivity index (χ2n) is 11.2. The average Bonchev–Trinajstić information content (AvgIpc) is 3.37. The number of carbonyl (C=O) groups is 3. The molecule has 2 aromatic carbocycles. The van der Waals surface area contributed by atoms with Crippen LogP contribution >= 0.6 is 0 Å². The van der Waals surface area contributed by atoms with Crippen LogP contribution in [0.5, 0.6) is 5.75 Å². The first-order valence-electron chi connectivity index (χ1n) is 14.7. The summed E-state index contributed by atoms with van der Waals surface area (Å²) < 4.78 is 35.8. The van der Waals surface area contributed by atoms with Crippen LogP contribution in [-0.4, -0.2) is 71.3 Å². The highest BCUT2D eigenvalue weighted by molar-refractivity contribution is 6.05. The Kier molecular flexibility index (Phi) is 8.42. The van der Waals surface area contributed by atoms with Gasteiger partial charge < -0.3 is 20.3 Å². The van der Waals surface area contributed by atoms with E-state index < -0.39 is 23.6 Å². The first-order valence-corrected chi connectivity index (χ1v) is 14.7. The zero-order chi connectivity index (χ0) is 31.7. The maximum absolute atomic E-state index is 15.4. The standard InChI is InChI=1S/C32H31F2N7O4/c33-24-13-20(27(15-36)39-8-10-40(11-9-39)30-25(34)12-19(14-35)16-37-30)4-5-21(24)18-45-28-3-1-2-22-23(28)17-41(32(22)44)26-6-7-29(42)38-31(26)43/h1-5,12-13,16,26-27H,6-11,15,17-18,36H2,(H,38,42,43)/t26-,27?/m0/s1. The molecular formula is C32H31F2N7O4. The van der Waals surface area contributed by atoms with E-state index in [0.29, 0.717) is 54.2 Å². The number of nitriles is 1. The van der Waals surface area contributed by atoms with Crippen LogP contribution in [0.15, 0.2) is 48.7 Å². The molecule has 45 heavy (non-hydrogen) atoms. The van der Waals surface area contributed by atoms with E-state index in [4.69, 9.17) is 15.7 Å². The Morgan fingerprint density at radius 2 is 1.89 bits per heavy atom. The van der Waals surface area contributed by atoms with Crippen LogP contribution in [0.4, 0.5) is 14.6 Å². The number of pyridine rings is 1. The third-order valence-corrected chi connectivity index (χ3v) is 8.61. The Balaban J connectivity index is 1.09. The summed E-state index contributed by atoms with van der Waals surface area (Å²) in [5.41, 5.74) is 8.35. The molecule has 6 rings (SSSR count). The van der Waals surface area contributed by atoms with Crippen LogP contribution in [0.3, 0.4) is 0 Å². The number of anilines is 1. The minimum absolute atomic E-state index is 0.0791. The Morgan fingerprint density at radius 1 is 1.09 bits per heavy atom. The molecule has 3 aliphatic heterocycles. The number of hydrogen-bond donors (Lipinski definition) is 2. The lowest BCUT2D eigenvalue weighted by atomic mass is 10.0. The van der Waals surface area contributed by atoms with E-state index in [0.717, 1.165) is 0 Å². The Bertz CT molecular complexity index is 1700. The van der Waals surface area contributed by atoms with Crippen LogP contribution in [0.2, 0.25) is 0 Å². The molecule has 2 atom stereocenters. The zero-order valence-electron chi connectivity index (χ0n) is 24.3. The summed E-state index contributed by atoms with van der Waals surface area (Å²) in [6.45, 7) is 2.43. The quantitative estimate of drug-likeness (QED) is 0.365. The van der Waals surface area contributed by atoms with E-state index in [1.165, 1.54) is 23.2 Å². The molecular weight excluding hydrogens is 584 g/mol. The molecule has 2 saturated heterocycles. The van der Waals surface area contributed by atoms with Crippen molar-refractivity contribution in [1.82, 2.24) is 20.1 Å². The summed E-state index contributed by atoms with van der Waals surface area (Å²) in [6.07, 6.45) is 1.76. The number of benzene rings is 2. The van der Waals surface area contributed by atoms with Gasteiger partial charge in [-0.15, -0.1) is 0 Å². The van der Waals surface area contributed by atoms with Gasteiger partial charge >= 0.3 is 0 Å². The summed E-state index contributed by atoms with van der Waals surface area (Å²) in [4.78, 5) is 46.5. The van der Waals surface area contributed by atoms with E-state index in [1.54, 1.807) is 24.3 Å². The number of amides is 3. The summed E-state index contributed by atoms with van der Waals surface area (Å²) >= 11 is 0. The van der Waals surface area contributed by atoms with Crippen molar-refractivity contribution in [3.63, 3.8) is 0 Å². The van der Waals surface area contributed by atoms with Crippen LogP contribution in [0, 0.1) is 23.0 Å². The smallest absolute Gasteiger partial charge is 0.255 e. The molecule has 0 bridgehead atoms. The van der Waals surface area contributed by atoms with Crippen molar-refractivity contribution in [2.75, 3.05) is 37.6 Å². The van der Waals surface area contributed by atoms with Crippen LogP contribution in [0.1, 0.15) is 51.5 Å². The van der Waals surface area contributed by atoms with Crippen molar-refractivity contribution in [3.8, 4) is 11.8 Å². The second-order valence-corrected chi connectivity index (χ2v) is 11.2. The number of nitrogens with zero attached hydrogens (tertiary/aromatic N) is 5. The van der Waals surface area contributed by atoms with E-state index in [1.807, 2.05) is 17.0 Å². The summed E-state index contributed by atoms with van der Waals surface area (Å²) in [7, 11) is 0. The van der Waals surface area contributed by atoms with Gasteiger partial charge in [0.25, 0.3) is 5.91 Å². The maximum atomic E-state index is 15.4. The molecule has 11 nitrogen and oxygen atoms in total. The number of carbonyl (C=O) groups excluding carboxylic acids is 3. The predicted octanol–water partition coefficient (Wildman–Crippen LogP) is 2.39. The lowest BCUT2D eigenvalue weighted by Crippen LogP contribution is -2.52. The number of fused-ring (bicyclic) bond motifs is 1. The first-order chi connectivity index (χ1) is 21.8. The lowest BCUT2D eigenvalue weighted by Gasteiger charge is -2.39. The van der Waals surface area contributed by atoms with Gasteiger partial charge in [-0.2, -0.15) is 5.26 Å². The molecule has 0 spiro atoms. The van der Waals surface area contributed by atoms with Crippen LogP contribution in [0.25, 0.3) is 0 Å². The number of aromatic nitrogens is 1. The summed E-state index contributed by atoms with van der Waals surface area (Å²) in [5, 5.41) is 11.3. The molecule has 0 saturated carbocycles. The fourth-order valence-electron chi connectivity index (χ4n) is 6.20. The highest BCUT2D eigenvalue weighted by atomic mass is 19.1. The minimum Gasteiger partial charge on any atom is -0.488 e. The third kappa shape index (κ3) is 5.94. The lowest BCUT2D eigenvalue weighted by molar-refractivity contribution is -0.136. The van der Waals surface area contributed by atoms with Gasteiger partial charge in [-0.1, -0.05) is 18.2 Å². The molecule has 0 radical (unpaired) electrons. The molecule has 3 amide bonds. The number of halogens is 2. The van der Waals surface area contributed by atoms with Crippen LogP contribution < -0.4 is 20.7 Å². The third-order valence-electron chi connectivity index (χ3n) is 8.61. The molecule has 3 N–H and O–H groups in total. The second kappa shape index (κ2) is 12.6. The average molecular weight is 616 g/mol. The molecule has 3 aliphatic rings. The Labute approximate surface area is 258 Å². The fourth-order valence-corrected chi connectivity index (χ4v) is 6.20. The normalized spacial score (nSPS) is 19.2. The number of hydrogen-bond acceptors (Lipinski definition) is 9. The molecule has 13 heteroatoms. The highest BCUT2D eigenvalue weighted by Gasteiger charge is 2.40. The van der Waals surface area contributed by atoms with Gasteiger partial charge in [0, 0.05) is 68.1 Å². The van der Waals surface area contributed by atoms with Crippen molar-refractivity contribution < 1.29 is 27.9 Å². The van der Waals surface area contributed by atoms with Gasteiger partial charge in [0.2, 0.25) is 11.8 Å². The van der Waals surface area contributed by atoms with Crippen molar-refractivity contribution in [3.05, 3.63) is 88.1 Å². The van der Waals surface area contributed by atoms with Gasteiger partial charge in [-0.25, -0.2) is 13.8 Å². The predicted molar refractivity (Wildman–Crippen MR) is 158 cm³/mol. The van der Waals surface area contributed by atoms with Crippen LogP contribution in [-0.2, 0) is 22.7 Å². The van der Waals surface area contributed by atoms with E-state index in [2.05, 4.69) is 15.2 Å². The Hall–Kier alpha value is -4.93. The number of imide groups is 1. The molecule has 2 fully saturated rings. The Morgan fingerprint density at radius 3 is 2.58 bits per heavy atom. The molecule has 4 heterocycles. The largest absolute Gasteiger partial charge is 0.488 e. The van der Waals surface area contributed by atoms with Crippen molar-refractivity contribution in [2.24, 2.45) is 5.73 Å². The number of piperazine rings is 1. The molecule has 1 unspecified atom stereocenters. The van der Waals surface area contributed by atoms with Crippen molar-refractivity contribution >= 4 is 23.5 Å². The van der Waals surface area contributed by atoms with Crippen molar-refractivity contribution in [1.29, 1.82) is 5.26 Å². The molecule has 1 aromatic heterocycles. The minimum atomic E-state index is -0.743. The topological polar surface area (TPSA) is 145 Å². The number of rotatable bonds is 8. The maximum Gasteiger partial charge on any atom is 0.255 e. The van der Waals surface area contributed by atoms with Gasteiger partial charge in [-0.3, -0.25) is 24.6 Å². The monoisotopic (exact) mass is 615 g/mol. The zero-order valence-corrected chi connectivity index (χ0v) is 24.3. The van der Waals surface area contributed by atoms with Gasteiger partial charge in [0.1, 0.15) is 30.3 Å². The van der Waals surface area contributed by atoms with Gasteiger partial charge in [0.15, 0.2) is 11.6 Å². The fraction of sp³-hybridized carbons (Fsp3) is 0.344. The number of ether oxygens (including phenoxy) is 1. The number of piperidine rings is 1.